The van der Waals surface area contributed by atoms with Gasteiger partial charge in [0.15, 0.2) is 23.3 Å². The number of nitrogens with zero attached hydrogens (tertiary/aromatic N) is 5. The van der Waals surface area contributed by atoms with Crippen LogP contribution in [-0.2, 0) is 0 Å². The molecular formula is C49H27N5OS2. The molecule has 6 nitrogen and oxygen atoms in total. The van der Waals surface area contributed by atoms with Gasteiger partial charge in [0.05, 0.1) is 15.9 Å². The van der Waals surface area contributed by atoms with Gasteiger partial charge in [0, 0.05) is 68.8 Å². The van der Waals surface area contributed by atoms with Gasteiger partial charge in [-0.3, -0.25) is 0 Å². The van der Waals surface area contributed by atoms with Crippen LogP contribution in [-0.4, -0.2) is 24.9 Å². The monoisotopic (exact) mass is 765 g/mol. The molecule has 5 aromatic heterocycles. The van der Waals surface area contributed by atoms with Crippen LogP contribution in [0.3, 0.4) is 0 Å². The van der Waals surface area contributed by atoms with E-state index in [1.54, 1.807) is 22.7 Å². The maximum absolute atomic E-state index is 6.62. The fourth-order valence-corrected chi connectivity index (χ4v) is 10.1. The number of hydrogen-bond acceptors (Lipinski definition) is 8. The first-order valence-electron chi connectivity index (χ1n) is 18.7. The summed E-state index contributed by atoms with van der Waals surface area (Å²) in [5, 5.41) is 5.49. The standard InChI is InChI=1S/C49H27N5OS2/c1-3-12-28(13-4-1)43-45-44(34-17-8-10-21-40(34)57-45)51-49(50-43)35-18-11-19-37-42(35)33-24-22-31(27-38(33)55-37)48-53-46(29-14-5-2-6-15-29)52-47(54-48)30-23-25-41-36(26-30)32-16-7-9-20-39(32)56-41/h1-27H. The molecule has 57 heavy (non-hydrogen) atoms. The van der Waals surface area contributed by atoms with Gasteiger partial charge in [-0.15, -0.1) is 22.7 Å². The Morgan fingerprint density at radius 3 is 1.79 bits per heavy atom. The van der Waals surface area contributed by atoms with Crippen molar-refractivity contribution in [1.29, 1.82) is 0 Å². The van der Waals surface area contributed by atoms with Gasteiger partial charge in [-0.25, -0.2) is 24.9 Å². The van der Waals surface area contributed by atoms with E-state index < -0.39 is 0 Å². The Balaban J connectivity index is 1.03. The second-order valence-corrected chi connectivity index (χ2v) is 16.1. The number of rotatable bonds is 5. The Morgan fingerprint density at radius 1 is 0.368 bits per heavy atom. The van der Waals surface area contributed by atoms with Gasteiger partial charge in [-0.05, 0) is 48.5 Å². The molecule has 7 aromatic carbocycles. The summed E-state index contributed by atoms with van der Waals surface area (Å²) >= 11 is 3.53. The Labute approximate surface area is 333 Å². The quantitative estimate of drug-likeness (QED) is 0.174. The van der Waals surface area contributed by atoms with Crippen molar-refractivity contribution in [2.45, 2.75) is 0 Å². The molecule has 0 aliphatic rings. The van der Waals surface area contributed by atoms with Crippen LogP contribution >= 0.6 is 22.7 Å². The summed E-state index contributed by atoms with van der Waals surface area (Å²) in [4.78, 5) is 25.7. The van der Waals surface area contributed by atoms with E-state index in [9.17, 15) is 0 Å². The van der Waals surface area contributed by atoms with E-state index in [1.807, 2.05) is 54.6 Å². The van der Waals surface area contributed by atoms with Crippen LogP contribution in [0, 0.1) is 0 Å². The summed E-state index contributed by atoms with van der Waals surface area (Å²) in [6.45, 7) is 0. The van der Waals surface area contributed by atoms with E-state index >= 15 is 0 Å². The average Bonchev–Trinajstić information content (AvgIpc) is 3.97. The van der Waals surface area contributed by atoms with Crippen LogP contribution < -0.4 is 0 Å². The number of fused-ring (bicyclic) bond motifs is 9. The number of hydrogen-bond donors (Lipinski definition) is 0. The molecule has 0 aliphatic carbocycles. The van der Waals surface area contributed by atoms with Crippen molar-refractivity contribution in [2.75, 3.05) is 0 Å². The lowest BCUT2D eigenvalue weighted by Crippen LogP contribution is -2.00. The molecule has 0 atom stereocenters. The van der Waals surface area contributed by atoms with Crippen molar-refractivity contribution >= 4 is 85.1 Å². The second kappa shape index (κ2) is 12.7. The lowest BCUT2D eigenvalue weighted by Gasteiger charge is -2.09. The van der Waals surface area contributed by atoms with Crippen LogP contribution in [0.15, 0.2) is 168 Å². The summed E-state index contributed by atoms with van der Waals surface area (Å²) in [6.07, 6.45) is 0. The minimum absolute atomic E-state index is 0.572. The molecule has 0 radical (unpaired) electrons. The van der Waals surface area contributed by atoms with Gasteiger partial charge in [-0.1, -0.05) is 115 Å². The SMILES string of the molecule is c1ccc(-c2nc(-c3ccc4c(c3)oc3cccc(-c5nc(-c6ccccc6)c6sc7ccccc7c6n5)c34)nc(-c3ccc4sc5ccccc5c4c3)n2)cc1. The van der Waals surface area contributed by atoms with Crippen molar-refractivity contribution in [1.82, 2.24) is 24.9 Å². The highest BCUT2D eigenvalue weighted by Crippen LogP contribution is 2.42. The first-order valence-corrected chi connectivity index (χ1v) is 20.3. The molecule has 5 heterocycles. The largest absolute Gasteiger partial charge is 0.456 e. The number of aromatic nitrogens is 5. The lowest BCUT2D eigenvalue weighted by molar-refractivity contribution is 0.669. The molecular weight excluding hydrogens is 739 g/mol. The molecule has 0 fully saturated rings. The van der Waals surface area contributed by atoms with Crippen molar-refractivity contribution in [3.8, 4) is 56.8 Å². The number of furan rings is 1. The molecule has 0 unspecified atom stereocenters. The van der Waals surface area contributed by atoms with Crippen molar-refractivity contribution in [3.63, 3.8) is 0 Å². The number of benzene rings is 7. The van der Waals surface area contributed by atoms with E-state index in [0.29, 0.717) is 23.3 Å². The molecule has 0 N–H and O–H groups in total. The topological polar surface area (TPSA) is 77.6 Å². The molecule has 0 spiro atoms. The molecule has 8 heteroatoms. The van der Waals surface area contributed by atoms with Crippen LogP contribution in [0.2, 0.25) is 0 Å². The summed E-state index contributed by atoms with van der Waals surface area (Å²) in [5.74, 6) is 2.46. The van der Waals surface area contributed by atoms with E-state index in [-0.39, 0.29) is 0 Å². The van der Waals surface area contributed by atoms with Crippen LogP contribution in [0.25, 0.3) is 119 Å². The molecule has 0 saturated heterocycles. The van der Waals surface area contributed by atoms with Crippen LogP contribution in [0.1, 0.15) is 0 Å². The zero-order valence-electron chi connectivity index (χ0n) is 30.0. The van der Waals surface area contributed by atoms with E-state index in [1.165, 1.54) is 24.9 Å². The summed E-state index contributed by atoms with van der Waals surface area (Å²) in [6, 6.07) is 56.2. The van der Waals surface area contributed by atoms with E-state index in [0.717, 1.165) is 71.1 Å². The molecule has 0 saturated carbocycles. The third kappa shape index (κ3) is 5.26. The molecule has 0 amide bonds. The van der Waals surface area contributed by atoms with Crippen LogP contribution in [0.4, 0.5) is 0 Å². The highest BCUT2D eigenvalue weighted by molar-refractivity contribution is 7.26. The van der Waals surface area contributed by atoms with E-state index in [4.69, 9.17) is 29.3 Å². The maximum Gasteiger partial charge on any atom is 0.164 e. The third-order valence-corrected chi connectivity index (χ3v) is 12.9. The first-order chi connectivity index (χ1) is 28.2. The summed E-state index contributed by atoms with van der Waals surface area (Å²) < 4.78 is 11.4. The van der Waals surface area contributed by atoms with Gasteiger partial charge in [0.1, 0.15) is 11.2 Å². The Hall–Kier alpha value is -7.13. The van der Waals surface area contributed by atoms with Gasteiger partial charge < -0.3 is 4.42 Å². The fraction of sp³-hybridized carbons (Fsp3) is 0. The predicted octanol–water partition coefficient (Wildman–Crippen LogP) is 13.6. The normalized spacial score (nSPS) is 11.9. The fourth-order valence-electron chi connectivity index (χ4n) is 7.87. The average molecular weight is 766 g/mol. The Bertz CT molecular complexity index is 3540. The molecule has 0 bridgehead atoms. The van der Waals surface area contributed by atoms with Gasteiger partial charge in [0.2, 0.25) is 0 Å². The van der Waals surface area contributed by atoms with Crippen molar-refractivity contribution in [2.24, 2.45) is 0 Å². The predicted molar refractivity (Wildman–Crippen MR) is 236 cm³/mol. The molecule has 12 rings (SSSR count). The Morgan fingerprint density at radius 2 is 1.00 bits per heavy atom. The van der Waals surface area contributed by atoms with Crippen molar-refractivity contribution in [3.05, 3.63) is 164 Å². The van der Waals surface area contributed by atoms with E-state index in [2.05, 4.69) is 109 Å². The highest BCUT2D eigenvalue weighted by Gasteiger charge is 2.21. The Kier molecular flexibility index (Phi) is 7.17. The zero-order valence-corrected chi connectivity index (χ0v) is 31.7. The van der Waals surface area contributed by atoms with Crippen LogP contribution in [0.5, 0.6) is 0 Å². The maximum atomic E-state index is 6.62. The third-order valence-electron chi connectivity index (χ3n) is 10.6. The lowest BCUT2D eigenvalue weighted by atomic mass is 10.0. The molecule has 12 aromatic rings. The highest BCUT2D eigenvalue weighted by atomic mass is 32.1. The second-order valence-electron chi connectivity index (χ2n) is 14.0. The minimum atomic E-state index is 0.572. The summed E-state index contributed by atoms with van der Waals surface area (Å²) in [5.41, 5.74) is 8.04. The molecule has 0 aliphatic heterocycles. The van der Waals surface area contributed by atoms with Gasteiger partial charge >= 0.3 is 0 Å². The summed E-state index contributed by atoms with van der Waals surface area (Å²) in [7, 11) is 0. The first kappa shape index (κ1) is 32.1. The van der Waals surface area contributed by atoms with Gasteiger partial charge in [-0.2, -0.15) is 0 Å². The van der Waals surface area contributed by atoms with Gasteiger partial charge in [0.25, 0.3) is 0 Å². The zero-order chi connectivity index (χ0) is 37.5. The number of thiophene rings is 2. The molecule has 266 valence electrons. The minimum Gasteiger partial charge on any atom is -0.456 e. The smallest absolute Gasteiger partial charge is 0.164 e. The van der Waals surface area contributed by atoms with Crippen molar-refractivity contribution < 1.29 is 4.42 Å².